The summed E-state index contributed by atoms with van der Waals surface area (Å²) in [5.74, 6) is 1.23. The van der Waals surface area contributed by atoms with E-state index in [2.05, 4.69) is 0 Å². The molecule has 1 atom stereocenters. The van der Waals surface area contributed by atoms with Gasteiger partial charge in [0.05, 0.1) is 18.6 Å². The van der Waals surface area contributed by atoms with Crippen molar-refractivity contribution in [1.29, 1.82) is 0 Å². The molecular weight excluding hydrogens is 506 g/mol. The molecular formula is C29H31NO7S. The summed E-state index contributed by atoms with van der Waals surface area (Å²) in [6, 6.07) is 23.0. The van der Waals surface area contributed by atoms with Crippen molar-refractivity contribution >= 4 is 21.4 Å². The lowest BCUT2D eigenvalue weighted by Gasteiger charge is -2.31. The van der Waals surface area contributed by atoms with Crippen LogP contribution in [0.4, 0.5) is 5.69 Å². The first-order chi connectivity index (χ1) is 18.3. The zero-order valence-electron chi connectivity index (χ0n) is 21.2. The Morgan fingerprint density at radius 1 is 0.947 bits per heavy atom. The molecule has 2 aliphatic rings. The Bertz CT molecular complexity index is 1380. The number of aliphatic hydroxyl groups is 1. The van der Waals surface area contributed by atoms with E-state index >= 15 is 0 Å². The van der Waals surface area contributed by atoms with E-state index < -0.39 is 21.5 Å². The molecule has 5 rings (SSSR count). The van der Waals surface area contributed by atoms with Crippen LogP contribution in [0.2, 0.25) is 0 Å². The number of ether oxygens (including phenoxy) is 3. The van der Waals surface area contributed by atoms with Crippen molar-refractivity contribution in [3.63, 3.8) is 0 Å². The summed E-state index contributed by atoms with van der Waals surface area (Å²) in [7, 11) is -1.59. The van der Waals surface area contributed by atoms with Crippen molar-refractivity contribution in [2.24, 2.45) is 0 Å². The summed E-state index contributed by atoms with van der Waals surface area (Å²) in [6.45, 7) is 0.461. The van der Waals surface area contributed by atoms with Crippen molar-refractivity contribution in [3.05, 3.63) is 72.8 Å². The molecule has 2 heterocycles. The van der Waals surface area contributed by atoms with Gasteiger partial charge >= 0.3 is 0 Å². The highest BCUT2D eigenvalue weighted by Crippen LogP contribution is 2.35. The number of amides is 1. The van der Waals surface area contributed by atoms with Crippen LogP contribution in [-0.2, 0) is 14.6 Å². The van der Waals surface area contributed by atoms with Gasteiger partial charge in [0, 0.05) is 24.7 Å². The lowest BCUT2D eigenvalue weighted by Crippen LogP contribution is -2.43. The number of sulfone groups is 1. The minimum Gasteiger partial charge on any atom is -0.493 e. The number of rotatable bonds is 8. The molecule has 0 bridgehead atoms. The zero-order valence-corrected chi connectivity index (χ0v) is 22.0. The van der Waals surface area contributed by atoms with Crippen molar-refractivity contribution in [3.8, 4) is 28.4 Å². The van der Waals surface area contributed by atoms with Gasteiger partial charge in [-0.3, -0.25) is 4.79 Å². The second kappa shape index (κ2) is 10.7. The van der Waals surface area contributed by atoms with Crippen molar-refractivity contribution in [2.45, 2.75) is 31.0 Å². The van der Waals surface area contributed by atoms with Crippen molar-refractivity contribution < 1.29 is 32.5 Å². The largest absolute Gasteiger partial charge is 0.493 e. The highest BCUT2D eigenvalue weighted by atomic mass is 32.2. The maximum Gasteiger partial charge on any atom is 0.268 e. The average Bonchev–Trinajstić information content (AvgIpc) is 3.30. The summed E-state index contributed by atoms with van der Waals surface area (Å²) in [6.07, 6.45) is 0.231. The number of methoxy groups -OCH3 is 1. The molecule has 8 nitrogen and oxygen atoms in total. The summed E-state index contributed by atoms with van der Waals surface area (Å²) < 4.78 is 40.7. The third kappa shape index (κ3) is 5.79. The molecule has 0 aliphatic carbocycles. The smallest absolute Gasteiger partial charge is 0.268 e. The number of carbonyl (C=O) groups excluding carboxylic acids is 1. The second-order valence-electron chi connectivity index (χ2n) is 9.78. The molecule has 38 heavy (non-hydrogen) atoms. The van der Waals surface area contributed by atoms with E-state index in [1.54, 1.807) is 23.1 Å². The van der Waals surface area contributed by atoms with Gasteiger partial charge in [-0.15, -0.1) is 0 Å². The standard InChI is InChI=1S/C29H31NO7S/c1-35-27-19-23(9-12-25(27)36-20-29(32)14-17-38(33,34)18-15-29)30-16-13-26(28(30)31)37-24-10-7-22(8-11-24)21-5-3-2-4-6-21/h2-12,19,26,32H,13-18,20H2,1H3. The van der Waals surface area contributed by atoms with E-state index in [4.69, 9.17) is 14.2 Å². The first kappa shape index (κ1) is 26.1. The number of hydrogen-bond donors (Lipinski definition) is 1. The first-order valence-electron chi connectivity index (χ1n) is 12.6. The molecule has 2 aliphatic heterocycles. The second-order valence-corrected chi connectivity index (χ2v) is 12.1. The normalized spacial score (nSPS) is 20.2. The van der Waals surface area contributed by atoms with Crippen LogP contribution in [0.1, 0.15) is 19.3 Å². The van der Waals surface area contributed by atoms with Gasteiger partial charge in [0.1, 0.15) is 18.0 Å². The molecule has 2 fully saturated rings. The van der Waals surface area contributed by atoms with Gasteiger partial charge in [-0.1, -0.05) is 42.5 Å². The SMILES string of the molecule is COc1cc(N2CCC(Oc3ccc(-c4ccccc4)cc3)C2=O)ccc1OCC1(O)CCS(=O)(=O)CC1. The molecule has 1 N–H and O–H groups in total. The van der Waals surface area contributed by atoms with Crippen LogP contribution in [-0.4, -0.2) is 62.9 Å². The lowest BCUT2D eigenvalue weighted by atomic mass is 9.98. The van der Waals surface area contributed by atoms with Gasteiger partial charge in [0.25, 0.3) is 5.91 Å². The Balaban J connectivity index is 1.21. The molecule has 0 saturated carbocycles. The molecule has 9 heteroatoms. The fourth-order valence-corrected chi connectivity index (χ4v) is 6.34. The van der Waals surface area contributed by atoms with Gasteiger partial charge in [-0.2, -0.15) is 0 Å². The minimum atomic E-state index is -3.10. The summed E-state index contributed by atoms with van der Waals surface area (Å²) >= 11 is 0. The number of anilines is 1. The highest BCUT2D eigenvalue weighted by Gasteiger charge is 2.37. The van der Waals surface area contributed by atoms with Crippen LogP contribution in [0.15, 0.2) is 72.8 Å². The average molecular weight is 538 g/mol. The fourth-order valence-electron chi connectivity index (χ4n) is 4.76. The molecule has 3 aromatic rings. The highest BCUT2D eigenvalue weighted by molar-refractivity contribution is 7.91. The quantitative estimate of drug-likeness (QED) is 0.466. The summed E-state index contributed by atoms with van der Waals surface area (Å²) in [5.41, 5.74) is 1.65. The number of benzene rings is 3. The van der Waals surface area contributed by atoms with Crippen LogP contribution >= 0.6 is 0 Å². The maximum atomic E-state index is 13.2. The third-order valence-electron chi connectivity index (χ3n) is 7.11. The van der Waals surface area contributed by atoms with Gasteiger partial charge in [-0.05, 0) is 48.2 Å². The summed E-state index contributed by atoms with van der Waals surface area (Å²) in [5, 5.41) is 10.7. The van der Waals surface area contributed by atoms with Crippen LogP contribution in [0.5, 0.6) is 17.2 Å². The van der Waals surface area contributed by atoms with Crippen LogP contribution in [0.3, 0.4) is 0 Å². The van der Waals surface area contributed by atoms with E-state index in [9.17, 15) is 18.3 Å². The van der Waals surface area contributed by atoms with Crippen molar-refractivity contribution in [2.75, 3.05) is 36.7 Å². The Morgan fingerprint density at radius 3 is 2.32 bits per heavy atom. The van der Waals surface area contributed by atoms with E-state index in [0.717, 1.165) is 11.1 Å². The molecule has 0 spiro atoms. The molecule has 2 saturated heterocycles. The van der Waals surface area contributed by atoms with Gasteiger partial charge < -0.3 is 24.2 Å². The van der Waals surface area contributed by atoms with Crippen LogP contribution in [0, 0.1) is 0 Å². The first-order valence-corrected chi connectivity index (χ1v) is 14.4. The number of carbonyl (C=O) groups is 1. The van der Waals surface area contributed by atoms with Crippen molar-refractivity contribution in [1.82, 2.24) is 0 Å². The monoisotopic (exact) mass is 537 g/mol. The predicted octanol–water partition coefficient (Wildman–Crippen LogP) is 3.87. The van der Waals surface area contributed by atoms with Gasteiger partial charge in [0.15, 0.2) is 27.4 Å². The van der Waals surface area contributed by atoms with Crippen LogP contribution in [0.25, 0.3) is 11.1 Å². The molecule has 3 aromatic carbocycles. The summed E-state index contributed by atoms with van der Waals surface area (Å²) in [4.78, 5) is 14.8. The van der Waals surface area contributed by atoms with Gasteiger partial charge in [-0.25, -0.2) is 8.42 Å². The third-order valence-corrected chi connectivity index (χ3v) is 8.76. The molecule has 0 radical (unpaired) electrons. The molecule has 0 aromatic heterocycles. The lowest BCUT2D eigenvalue weighted by molar-refractivity contribution is -0.122. The van der Waals surface area contributed by atoms with E-state index in [0.29, 0.717) is 35.9 Å². The minimum absolute atomic E-state index is 0.0418. The Labute approximate surface area is 222 Å². The maximum absolute atomic E-state index is 13.2. The Hall–Kier alpha value is -3.56. The van der Waals surface area contributed by atoms with E-state index in [1.165, 1.54) is 7.11 Å². The Morgan fingerprint density at radius 2 is 1.63 bits per heavy atom. The van der Waals surface area contributed by atoms with Gasteiger partial charge in [0.2, 0.25) is 0 Å². The molecule has 1 amide bonds. The van der Waals surface area contributed by atoms with Crippen LogP contribution < -0.4 is 19.1 Å². The Kier molecular flexibility index (Phi) is 7.32. The molecule has 200 valence electrons. The predicted molar refractivity (Wildman–Crippen MR) is 145 cm³/mol. The zero-order chi connectivity index (χ0) is 26.8. The van der Waals surface area contributed by atoms with E-state index in [1.807, 2.05) is 54.6 Å². The number of hydrogen-bond acceptors (Lipinski definition) is 7. The topological polar surface area (TPSA) is 102 Å². The van der Waals surface area contributed by atoms with E-state index in [-0.39, 0.29) is 36.9 Å². The molecule has 1 unspecified atom stereocenters. The number of nitrogens with zero attached hydrogens (tertiary/aromatic N) is 1. The fraction of sp³-hybridized carbons (Fsp3) is 0.345.